The standard InChI is InChI=1S/C15H12N4O/c16-8-11-2-1-3-13-12(11)6-7-19(13)9-14-17-15(20-18-14)10-4-5-10/h1-3,6-7,10H,4-5,9H2. The van der Waals surface area contributed by atoms with Crippen LogP contribution in [0.1, 0.15) is 36.0 Å². The Labute approximate surface area is 115 Å². The molecule has 1 saturated carbocycles. The first kappa shape index (κ1) is 11.2. The molecule has 5 heteroatoms. The monoisotopic (exact) mass is 264 g/mol. The molecule has 0 spiro atoms. The Bertz CT molecular complexity index is 820. The summed E-state index contributed by atoms with van der Waals surface area (Å²) in [5.74, 6) is 1.92. The molecule has 1 fully saturated rings. The van der Waals surface area contributed by atoms with Crippen LogP contribution in [0.5, 0.6) is 0 Å². The second-order valence-corrected chi connectivity index (χ2v) is 5.12. The maximum Gasteiger partial charge on any atom is 0.229 e. The van der Waals surface area contributed by atoms with Gasteiger partial charge in [0.05, 0.1) is 18.2 Å². The highest BCUT2D eigenvalue weighted by atomic mass is 16.5. The minimum atomic E-state index is 0.475. The zero-order valence-corrected chi connectivity index (χ0v) is 10.8. The highest BCUT2D eigenvalue weighted by molar-refractivity contribution is 5.86. The van der Waals surface area contributed by atoms with E-state index >= 15 is 0 Å². The van der Waals surface area contributed by atoms with Crippen LogP contribution >= 0.6 is 0 Å². The molecular formula is C15H12N4O. The average molecular weight is 264 g/mol. The molecule has 2 heterocycles. The van der Waals surface area contributed by atoms with Gasteiger partial charge in [0.15, 0.2) is 5.82 Å². The minimum Gasteiger partial charge on any atom is -0.340 e. The first-order valence-corrected chi connectivity index (χ1v) is 6.65. The van der Waals surface area contributed by atoms with E-state index in [9.17, 15) is 0 Å². The van der Waals surface area contributed by atoms with E-state index in [0.717, 1.165) is 29.6 Å². The molecule has 0 radical (unpaired) electrons. The van der Waals surface area contributed by atoms with E-state index < -0.39 is 0 Å². The average Bonchev–Trinajstić information content (AvgIpc) is 3.09. The molecule has 4 rings (SSSR count). The van der Waals surface area contributed by atoms with Crippen molar-refractivity contribution in [2.75, 3.05) is 0 Å². The van der Waals surface area contributed by atoms with Crippen molar-refractivity contribution in [3.8, 4) is 6.07 Å². The Morgan fingerprint density at radius 2 is 2.25 bits per heavy atom. The summed E-state index contributed by atoms with van der Waals surface area (Å²) in [6.45, 7) is 0.564. The lowest BCUT2D eigenvalue weighted by atomic mass is 10.1. The summed E-state index contributed by atoms with van der Waals surface area (Å²) in [4.78, 5) is 4.43. The third-order valence-corrected chi connectivity index (χ3v) is 3.66. The third-order valence-electron chi connectivity index (χ3n) is 3.66. The fourth-order valence-corrected chi connectivity index (χ4v) is 2.44. The Hall–Kier alpha value is -2.61. The van der Waals surface area contributed by atoms with E-state index in [2.05, 4.69) is 16.2 Å². The SMILES string of the molecule is N#Cc1cccc2c1ccn2Cc1noc(C2CC2)n1. The number of aromatic nitrogens is 3. The Morgan fingerprint density at radius 3 is 3.05 bits per heavy atom. The van der Waals surface area contributed by atoms with Gasteiger partial charge in [0.1, 0.15) is 0 Å². The van der Waals surface area contributed by atoms with Crippen molar-refractivity contribution >= 4 is 10.9 Å². The van der Waals surface area contributed by atoms with E-state index in [1.165, 1.54) is 0 Å². The maximum atomic E-state index is 9.11. The van der Waals surface area contributed by atoms with Crippen LogP contribution in [-0.2, 0) is 6.54 Å². The molecule has 2 aromatic heterocycles. The van der Waals surface area contributed by atoms with Crippen LogP contribution in [0.2, 0.25) is 0 Å². The van der Waals surface area contributed by atoms with Crippen LogP contribution in [0, 0.1) is 11.3 Å². The molecule has 5 nitrogen and oxygen atoms in total. The molecule has 1 aliphatic carbocycles. The number of rotatable bonds is 3. The molecular weight excluding hydrogens is 252 g/mol. The fourth-order valence-electron chi connectivity index (χ4n) is 2.44. The van der Waals surface area contributed by atoms with Crippen LogP contribution in [0.25, 0.3) is 10.9 Å². The van der Waals surface area contributed by atoms with Gasteiger partial charge in [0.2, 0.25) is 5.89 Å². The van der Waals surface area contributed by atoms with Crippen molar-refractivity contribution in [2.45, 2.75) is 25.3 Å². The number of nitrogens with zero attached hydrogens (tertiary/aromatic N) is 4. The molecule has 0 aliphatic heterocycles. The number of nitriles is 1. The molecule has 0 N–H and O–H groups in total. The Kier molecular flexibility index (Phi) is 2.36. The quantitative estimate of drug-likeness (QED) is 0.729. The smallest absolute Gasteiger partial charge is 0.229 e. The summed E-state index contributed by atoms with van der Waals surface area (Å²) in [5, 5.41) is 14.1. The number of fused-ring (bicyclic) bond motifs is 1. The van der Waals surface area contributed by atoms with Crippen molar-refractivity contribution in [3.63, 3.8) is 0 Å². The van der Waals surface area contributed by atoms with Gasteiger partial charge < -0.3 is 9.09 Å². The lowest BCUT2D eigenvalue weighted by Gasteiger charge is -2.01. The summed E-state index contributed by atoms with van der Waals surface area (Å²) >= 11 is 0. The van der Waals surface area contributed by atoms with Gasteiger partial charge in [-0.1, -0.05) is 11.2 Å². The van der Waals surface area contributed by atoms with Gasteiger partial charge in [0.25, 0.3) is 0 Å². The normalized spacial score (nSPS) is 14.6. The molecule has 0 saturated heterocycles. The summed E-state index contributed by atoms with van der Waals surface area (Å²) in [6.07, 6.45) is 4.26. The van der Waals surface area contributed by atoms with E-state index in [1.807, 2.05) is 35.0 Å². The molecule has 1 aromatic carbocycles. The first-order chi connectivity index (χ1) is 9.85. The summed E-state index contributed by atoms with van der Waals surface area (Å²) < 4.78 is 7.31. The lowest BCUT2D eigenvalue weighted by molar-refractivity contribution is 0.373. The number of hydrogen-bond acceptors (Lipinski definition) is 4. The van der Waals surface area contributed by atoms with Gasteiger partial charge in [-0.15, -0.1) is 0 Å². The van der Waals surface area contributed by atoms with Crippen molar-refractivity contribution in [1.29, 1.82) is 5.26 Å². The van der Waals surface area contributed by atoms with E-state index in [-0.39, 0.29) is 0 Å². The van der Waals surface area contributed by atoms with Crippen LogP contribution < -0.4 is 0 Å². The highest BCUT2D eigenvalue weighted by Gasteiger charge is 2.29. The number of benzene rings is 1. The second kappa shape index (κ2) is 4.20. The molecule has 3 aromatic rings. The Balaban J connectivity index is 1.69. The van der Waals surface area contributed by atoms with Gasteiger partial charge in [-0.3, -0.25) is 0 Å². The zero-order valence-electron chi connectivity index (χ0n) is 10.8. The van der Waals surface area contributed by atoms with E-state index in [1.54, 1.807) is 0 Å². The topological polar surface area (TPSA) is 67.6 Å². The Morgan fingerprint density at radius 1 is 1.35 bits per heavy atom. The molecule has 0 atom stereocenters. The lowest BCUT2D eigenvalue weighted by Crippen LogP contribution is -2.00. The fraction of sp³-hybridized carbons (Fsp3) is 0.267. The van der Waals surface area contributed by atoms with Gasteiger partial charge >= 0.3 is 0 Å². The van der Waals surface area contributed by atoms with Crippen LogP contribution in [0.4, 0.5) is 0 Å². The maximum absolute atomic E-state index is 9.11. The molecule has 0 unspecified atom stereocenters. The molecule has 0 bridgehead atoms. The van der Waals surface area contributed by atoms with E-state index in [4.69, 9.17) is 9.78 Å². The van der Waals surface area contributed by atoms with Crippen LogP contribution in [0.3, 0.4) is 0 Å². The minimum absolute atomic E-state index is 0.475. The molecule has 0 amide bonds. The highest BCUT2D eigenvalue weighted by Crippen LogP contribution is 2.38. The predicted molar refractivity (Wildman–Crippen MR) is 72.0 cm³/mol. The van der Waals surface area contributed by atoms with Gasteiger partial charge in [-0.05, 0) is 31.0 Å². The summed E-state index contributed by atoms with van der Waals surface area (Å²) in [5.41, 5.74) is 1.70. The van der Waals surface area contributed by atoms with Crippen LogP contribution in [0.15, 0.2) is 35.0 Å². The van der Waals surface area contributed by atoms with Crippen molar-refractivity contribution < 1.29 is 4.52 Å². The third kappa shape index (κ3) is 1.77. The van der Waals surface area contributed by atoms with Crippen molar-refractivity contribution in [3.05, 3.63) is 47.7 Å². The molecule has 1 aliphatic rings. The summed E-state index contributed by atoms with van der Waals surface area (Å²) in [6, 6.07) is 9.88. The zero-order chi connectivity index (χ0) is 13.5. The predicted octanol–water partition coefficient (Wildman–Crippen LogP) is 2.82. The van der Waals surface area contributed by atoms with Crippen LogP contribution in [-0.4, -0.2) is 14.7 Å². The van der Waals surface area contributed by atoms with Crippen molar-refractivity contribution in [2.24, 2.45) is 0 Å². The molecule has 20 heavy (non-hydrogen) atoms. The summed E-state index contributed by atoms with van der Waals surface area (Å²) in [7, 11) is 0. The van der Waals surface area contributed by atoms with Gasteiger partial charge in [-0.25, -0.2) is 0 Å². The van der Waals surface area contributed by atoms with Gasteiger partial charge in [0, 0.05) is 23.0 Å². The first-order valence-electron chi connectivity index (χ1n) is 6.65. The van der Waals surface area contributed by atoms with E-state index in [0.29, 0.717) is 23.9 Å². The second-order valence-electron chi connectivity index (χ2n) is 5.12. The van der Waals surface area contributed by atoms with Gasteiger partial charge in [-0.2, -0.15) is 10.2 Å². The number of hydrogen-bond donors (Lipinski definition) is 0. The molecule has 98 valence electrons. The largest absolute Gasteiger partial charge is 0.340 e. The van der Waals surface area contributed by atoms with Crippen molar-refractivity contribution in [1.82, 2.24) is 14.7 Å².